The maximum absolute atomic E-state index is 13.1. The van der Waals surface area contributed by atoms with Gasteiger partial charge in [0, 0.05) is 32.6 Å². The SMILES string of the molecule is CCc1ccc(CN(C)C(=O)C2CCN(c3ccc4nnc(C(F)(F)F)n4n3)CC2)cc1. The summed E-state index contributed by atoms with van der Waals surface area (Å²) in [5.41, 5.74) is 2.39. The number of piperidine rings is 1. The Kier molecular flexibility index (Phi) is 6.03. The monoisotopic (exact) mass is 446 g/mol. The fraction of sp³-hybridized carbons (Fsp3) is 0.455. The summed E-state index contributed by atoms with van der Waals surface area (Å²) in [6.07, 6.45) is -2.42. The van der Waals surface area contributed by atoms with Crippen molar-refractivity contribution in [2.75, 3.05) is 25.0 Å². The van der Waals surface area contributed by atoms with Gasteiger partial charge < -0.3 is 9.80 Å². The molecule has 0 spiro atoms. The number of alkyl halides is 3. The van der Waals surface area contributed by atoms with Crippen molar-refractivity contribution in [1.82, 2.24) is 24.7 Å². The van der Waals surface area contributed by atoms with Gasteiger partial charge in [-0.05, 0) is 42.5 Å². The Morgan fingerprint density at radius 2 is 1.72 bits per heavy atom. The van der Waals surface area contributed by atoms with Crippen LogP contribution in [0.25, 0.3) is 5.65 Å². The van der Waals surface area contributed by atoms with Crippen molar-refractivity contribution in [1.29, 1.82) is 0 Å². The predicted molar refractivity (Wildman–Crippen MR) is 113 cm³/mol. The van der Waals surface area contributed by atoms with Crippen LogP contribution in [0.1, 0.15) is 36.7 Å². The van der Waals surface area contributed by atoms with Crippen molar-refractivity contribution < 1.29 is 18.0 Å². The fourth-order valence-electron chi connectivity index (χ4n) is 4.02. The van der Waals surface area contributed by atoms with Gasteiger partial charge >= 0.3 is 6.18 Å². The molecule has 4 rings (SSSR count). The van der Waals surface area contributed by atoms with Gasteiger partial charge in [0.1, 0.15) is 5.82 Å². The Balaban J connectivity index is 1.38. The highest BCUT2D eigenvalue weighted by Crippen LogP contribution is 2.29. The highest BCUT2D eigenvalue weighted by Gasteiger charge is 2.38. The molecule has 10 heteroatoms. The zero-order valence-electron chi connectivity index (χ0n) is 18.0. The third-order valence-electron chi connectivity index (χ3n) is 5.90. The second-order valence-electron chi connectivity index (χ2n) is 8.11. The maximum Gasteiger partial charge on any atom is 0.453 e. The van der Waals surface area contributed by atoms with E-state index in [1.807, 2.05) is 24.1 Å². The van der Waals surface area contributed by atoms with Crippen LogP contribution in [0.3, 0.4) is 0 Å². The van der Waals surface area contributed by atoms with Crippen LogP contribution in [0.15, 0.2) is 36.4 Å². The molecule has 0 N–H and O–H groups in total. The van der Waals surface area contributed by atoms with E-state index in [4.69, 9.17) is 0 Å². The quantitative estimate of drug-likeness (QED) is 0.599. The van der Waals surface area contributed by atoms with Crippen LogP contribution < -0.4 is 4.90 Å². The molecule has 1 aliphatic heterocycles. The second kappa shape index (κ2) is 8.76. The Morgan fingerprint density at radius 3 is 2.34 bits per heavy atom. The molecule has 1 amide bonds. The molecule has 0 saturated carbocycles. The summed E-state index contributed by atoms with van der Waals surface area (Å²) in [5.74, 6) is -0.757. The summed E-state index contributed by atoms with van der Waals surface area (Å²) in [6, 6.07) is 11.4. The number of hydrogen-bond donors (Lipinski definition) is 0. The molecule has 7 nitrogen and oxygen atoms in total. The first kappa shape index (κ1) is 22.0. The topological polar surface area (TPSA) is 66.6 Å². The van der Waals surface area contributed by atoms with Crippen molar-refractivity contribution >= 4 is 17.4 Å². The van der Waals surface area contributed by atoms with E-state index in [9.17, 15) is 18.0 Å². The Labute approximate surface area is 183 Å². The van der Waals surface area contributed by atoms with Crippen LogP contribution in [-0.2, 0) is 23.9 Å². The minimum absolute atomic E-state index is 0.0414. The van der Waals surface area contributed by atoms with Crippen molar-refractivity contribution in [2.45, 2.75) is 38.9 Å². The molecule has 0 bridgehead atoms. The highest BCUT2D eigenvalue weighted by atomic mass is 19.4. The number of hydrogen-bond acceptors (Lipinski definition) is 5. The maximum atomic E-state index is 13.1. The van der Waals surface area contributed by atoms with Crippen molar-refractivity contribution in [2.24, 2.45) is 5.92 Å². The predicted octanol–water partition coefficient (Wildman–Crippen LogP) is 3.58. The summed E-state index contributed by atoms with van der Waals surface area (Å²) in [4.78, 5) is 16.6. The lowest BCUT2D eigenvalue weighted by Crippen LogP contribution is -2.41. The minimum atomic E-state index is -4.63. The van der Waals surface area contributed by atoms with E-state index in [1.165, 1.54) is 11.6 Å². The van der Waals surface area contributed by atoms with Gasteiger partial charge in [-0.25, -0.2) is 0 Å². The Bertz CT molecular complexity index is 1090. The molecule has 1 saturated heterocycles. The van der Waals surface area contributed by atoms with E-state index in [1.54, 1.807) is 11.0 Å². The van der Waals surface area contributed by atoms with Crippen molar-refractivity contribution in [3.8, 4) is 0 Å². The second-order valence-corrected chi connectivity index (χ2v) is 8.11. The fourth-order valence-corrected chi connectivity index (χ4v) is 4.02. The van der Waals surface area contributed by atoms with Gasteiger partial charge in [0.25, 0.3) is 5.82 Å². The molecule has 32 heavy (non-hydrogen) atoms. The Hall–Kier alpha value is -3.17. The van der Waals surface area contributed by atoms with E-state index in [2.05, 4.69) is 34.4 Å². The van der Waals surface area contributed by atoms with Gasteiger partial charge in [0.05, 0.1) is 0 Å². The van der Waals surface area contributed by atoms with Gasteiger partial charge in [-0.1, -0.05) is 31.2 Å². The van der Waals surface area contributed by atoms with E-state index in [0.717, 1.165) is 16.5 Å². The first-order chi connectivity index (χ1) is 15.3. The van der Waals surface area contributed by atoms with Gasteiger partial charge in [-0.2, -0.15) is 17.7 Å². The minimum Gasteiger partial charge on any atom is -0.355 e. The largest absolute Gasteiger partial charge is 0.453 e. The standard InChI is InChI=1S/C22H25F3N6O/c1-3-15-4-6-16(7-5-15)14-29(2)20(32)17-10-12-30(13-11-17)19-9-8-18-26-27-21(22(23,24)25)31(18)28-19/h4-9,17H,3,10-14H2,1-2H3. The number of rotatable bonds is 5. The average Bonchev–Trinajstić information content (AvgIpc) is 3.23. The van der Waals surface area contributed by atoms with Crippen LogP contribution in [0, 0.1) is 5.92 Å². The molecule has 0 aliphatic carbocycles. The molecule has 0 atom stereocenters. The zero-order valence-corrected chi connectivity index (χ0v) is 18.0. The molecule has 2 aromatic heterocycles. The summed E-state index contributed by atoms with van der Waals surface area (Å²) < 4.78 is 40.1. The lowest BCUT2D eigenvalue weighted by atomic mass is 9.95. The van der Waals surface area contributed by atoms with Gasteiger partial charge in [0.2, 0.25) is 5.91 Å². The molecular formula is C22H25F3N6O. The van der Waals surface area contributed by atoms with Crippen LogP contribution in [0.2, 0.25) is 0 Å². The number of amides is 1. The third kappa shape index (κ3) is 4.53. The number of aromatic nitrogens is 4. The van der Waals surface area contributed by atoms with Crippen LogP contribution in [-0.4, -0.2) is 50.8 Å². The average molecular weight is 446 g/mol. The number of carbonyl (C=O) groups is 1. The van der Waals surface area contributed by atoms with Gasteiger partial charge in [0.15, 0.2) is 5.65 Å². The van der Waals surface area contributed by atoms with Gasteiger partial charge in [-0.3, -0.25) is 4.79 Å². The summed E-state index contributed by atoms with van der Waals surface area (Å²) in [6.45, 7) is 3.73. The van der Waals surface area contributed by atoms with Crippen LogP contribution in [0.5, 0.6) is 0 Å². The van der Waals surface area contributed by atoms with Crippen molar-refractivity contribution in [3.63, 3.8) is 0 Å². The summed E-state index contributed by atoms with van der Waals surface area (Å²) in [5, 5.41) is 10.8. The number of fused-ring (bicyclic) bond motifs is 1. The molecule has 1 fully saturated rings. The number of halogens is 3. The van der Waals surface area contributed by atoms with Crippen LogP contribution >= 0.6 is 0 Å². The van der Waals surface area contributed by atoms with E-state index < -0.39 is 12.0 Å². The van der Waals surface area contributed by atoms with E-state index in [-0.39, 0.29) is 17.5 Å². The lowest BCUT2D eigenvalue weighted by Gasteiger charge is -2.33. The molecule has 3 heterocycles. The first-order valence-corrected chi connectivity index (χ1v) is 10.6. The number of aryl methyl sites for hydroxylation is 1. The molecule has 0 unspecified atom stereocenters. The molecule has 1 aliphatic rings. The van der Waals surface area contributed by atoms with Gasteiger partial charge in [-0.15, -0.1) is 15.3 Å². The number of benzene rings is 1. The normalized spacial score (nSPS) is 15.3. The lowest BCUT2D eigenvalue weighted by molar-refractivity contribution is -0.146. The third-order valence-corrected chi connectivity index (χ3v) is 5.90. The summed E-state index contributed by atoms with van der Waals surface area (Å²) in [7, 11) is 1.81. The number of anilines is 1. The molecule has 1 aromatic carbocycles. The smallest absolute Gasteiger partial charge is 0.355 e. The molecular weight excluding hydrogens is 421 g/mol. The summed E-state index contributed by atoms with van der Waals surface area (Å²) >= 11 is 0. The molecule has 170 valence electrons. The first-order valence-electron chi connectivity index (χ1n) is 10.6. The van der Waals surface area contributed by atoms with E-state index in [0.29, 0.717) is 38.3 Å². The number of carbonyl (C=O) groups excluding carboxylic acids is 1. The van der Waals surface area contributed by atoms with Crippen molar-refractivity contribution in [3.05, 3.63) is 53.3 Å². The zero-order chi connectivity index (χ0) is 22.9. The number of nitrogens with zero attached hydrogens (tertiary/aromatic N) is 6. The molecule has 0 radical (unpaired) electrons. The highest BCUT2D eigenvalue weighted by molar-refractivity contribution is 5.79. The van der Waals surface area contributed by atoms with E-state index >= 15 is 0 Å². The Morgan fingerprint density at radius 1 is 1.06 bits per heavy atom. The molecule has 3 aromatic rings. The van der Waals surface area contributed by atoms with Crippen LogP contribution in [0.4, 0.5) is 19.0 Å².